The number of Topliss-reactive ketones (excluding diaryl/α,β-unsaturated/α-hetero) is 1. The van der Waals surface area contributed by atoms with Gasteiger partial charge in [0.05, 0.1) is 11.7 Å². The summed E-state index contributed by atoms with van der Waals surface area (Å²) in [5.74, 6) is 0.147. The van der Waals surface area contributed by atoms with Crippen LogP contribution >= 0.6 is 0 Å². The zero-order valence-electron chi connectivity index (χ0n) is 9.72. The fourth-order valence-corrected chi connectivity index (χ4v) is 1.81. The molecule has 0 radical (unpaired) electrons. The molecule has 0 N–H and O–H groups in total. The van der Waals surface area contributed by atoms with Crippen LogP contribution in [0.1, 0.15) is 40.5 Å². The molecule has 1 saturated carbocycles. The SMILES string of the molecule is CO[C@@]1(C)C(=O)CC[C@@H]1OC(C)(C)C. The Labute approximate surface area is 85.8 Å². The Balaban J connectivity index is 2.76. The Morgan fingerprint density at radius 3 is 2.43 bits per heavy atom. The van der Waals surface area contributed by atoms with E-state index in [4.69, 9.17) is 9.47 Å². The number of carbonyl (C=O) groups excluding carboxylic acids is 1. The Morgan fingerprint density at radius 2 is 2.00 bits per heavy atom. The number of rotatable bonds is 2. The first-order valence-electron chi connectivity index (χ1n) is 5.06. The van der Waals surface area contributed by atoms with Gasteiger partial charge in [0.2, 0.25) is 0 Å². The van der Waals surface area contributed by atoms with Crippen LogP contribution in [0.2, 0.25) is 0 Å². The minimum absolute atomic E-state index is 0.111. The van der Waals surface area contributed by atoms with Crippen LogP contribution in [0.3, 0.4) is 0 Å². The third-order valence-electron chi connectivity index (χ3n) is 2.72. The van der Waals surface area contributed by atoms with Crippen LogP contribution < -0.4 is 0 Å². The molecule has 0 bridgehead atoms. The molecule has 1 aliphatic carbocycles. The standard InChI is InChI=1S/C11H20O3/c1-10(2,3)14-9-7-6-8(12)11(9,4)13-5/h9H,6-7H2,1-5H3/t9-,11-/m0/s1. The van der Waals surface area contributed by atoms with Crippen LogP contribution in [0.5, 0.6) is 0 Å². The van der Waals surface area contributed by atoms with Crippen molar-refractivity contribution in [1.82, 2.24) is 0 Å². The van der Waals surface area contributed by atoms with Gasteiger partial charge in [0.25, 0.3) is 0 Å². The first-order chi connectivity index (χ1) is 6.29. The van der Waals surface area contributed by atoms with Crippen LogP contribution in [-0.2, 0) is 14.3 Å². The topological polar surface area (TPSA) is 35.5 Å². The number of hydrogen-bond acceptors (Lipinski definition) is 3. The fraction of sp³-hybridized carbons (Fsp3) is 0.909. The molecule has 0 aromatic carbocycles. The molecule has 0 unspecified atom stereocenters. The molecular weight excluding hydrogens is 180 g/mol. The van der Waals surface area contributed by atoms with Crippen molar-refractivity contribution in [2.75, 3.05) is 7.11 Å². The lowest BCUT2D eigenvalue weighted by atomic mass is 10.0. The van der Waals surface area contributed by atoms with Crippen molar-refractivity contribution >= 4 is 5.78 Å². The largest absolute Gasteiger partial charge is 0.369 e. The molecular formula is C11H20O3. The summed E-state index contributed by atoms with van der Waals surface area (Å²) in [6.45, 7) is 7.79. The van der Waals surface area contributed by atoms with Crippen molar-refractivity contribution in [3.05, 3.63) is 0 Å². The Hall–Kier alpha value is -0.410. The van der Waals surface area contributed by atoms with Gasteiger partial charge in [-0.05, 0) is 34.1 Å². The first kappa shape index (κ1) is 11.7. The highest BCUT2D eigenvalue weighted by Gasteiger charge is 2.48. The van der Waals surface area contributed by atoms with E-state index in [1.54, 1.807) is 7.11 Å². The first-order valence-corrected chi connectivity index (χ1v) is 5.06. The van der Waals surface area contributed by atoms with E-state index < -0.39 is 5.60 Å². The molecule has 14 heavy (non-hydrogen) atoms. The summed E-state index contributed by atoms with van der Waals surface area (Å²) in [5, 5.41) is 0. The van der Waals surface area contributed by atoms with Gasteiger partial charge < -0.3 is 9.47 Å². The highest BCUT2D eigenvalue weighted by atomic mass is 16.6. The average Bonchev–Trinajstić information content (AvgIpc) is 2.31. The van der Waals surface area contributed by atoms with Gasteiger partial charge in [-0.25, -0.2) is 0 Å². The Bertz CT molecular complexity index is 229. The quantitative estimate of drug-likeness (QED) is 0.683. The maximum atomic E-state index is 11.6. The molecule has 3 nitrogen and oxygen atoms in total. The van der Waals surface area contributed by atoms with Crippen LogP contribution in [0.4, 0.5) is 0 Å². The number of ketones is 1. The second kappa shape index (κ2) is 3.63. The van der Waals surface area contributed by atoms with E-state index >= 15 is 0 Å². The van der Waals surface area contributed by atoms with Crippen LogP contribution in [0.15, 0.2) is 0 Å². The molecule has 1 rings (SSSR count). The summed E-state index contributed by atoms with van der Waals surface area (Å²) in [7, 11) is 1.57. The lowest BCUT2D eigenvalue weighted by molar-refractivity contribution is -0.164. The molecule has 1 fully saturated rings. The second-order valence-corrected chi connectivity index (χ2v) is 4.99. The fourth-order valence-electron chi connectivity index (χ4n) is 1.81. The highest BCUT2D eigenvalue weighted by Crippen LogP contribution is 2.34. The maximum absolute atomic E-state index is 11.6. The van der Waals surface area contributed by atoms with Crippen molar-refractivity contribution in [2.24, 2.45) is 0 Å². The van der Waals surface area contributed by atoms with Crippen molar-refractivity contribution in [3.63, 3.8) is 0 Å². The summed E-state index contributed by atoms with van der Waals surface area (Å²) >= 11 is 0. The molecule has 1 aliphatic rings. The van der Waals surface area contributed by atoms with Gasteiger partial charge in [-0.1, -0.05) is 0 Å². The zero-order chi connectivity index (χ0) is 11.0. The van der Waals surface area contributed by atoms with Crippen molar-refractivity contribution in [1.29, 1.82) is 0 Å². The highest BCUT2D eigenvalue weighted by molar-refractivity contribution is 5.90. The van der Waals surface area contributed by atoms with E-state index in [-0.39, 0.29) is 17.5 Å². The van der Waals surface area contributed by atoms with Crippen molar-refractivity contribution in [2.45, 2.75) is 57.8 Å². The Kier molecular flexibility index (Phi) is 3.02. The van der Waals surface area contributed by atoms with Gasteiger partial charge in [-0.15, -0.1) is 0 Å². The average molecular weight is 200 g/mol. The molecule has 0 aromatic heterocycles. The Morgan fingerprint density at radius 1 is 1.43 bits per heavy atom. The summed E-state index contributed by atoms with van der Waals surface area (Å²) in [5.41, 5.74) is -0.970. The van der Waals surface area contributed by atoms with E-state index in [1.807, 2.05) is 27.7 Å². The molecule has 2 atom stereocenters. The number of methoxy groups -OCH3 is 1. The van der Waals surface area contributed by atoms with Gasteiger partial charge in [-0.3, -0.25) is 4.79 Å². The molecule has 0 aliphatic heterocycles. The number of ether oxygens (including phenoxy) is 2. The van der Waals surface area contributed by atoms with Gasteiger partial charge in [-0.2, -0.15) is 0 Å². The van der Waals surface area contributed by atoms with Gasteiger partial charge in [0.15, 0.2) is 5.78 Å². The number of hydrogen-bond donors (Lipinski definition) is 0. The zero-order valence-corrected chi connectivity index (χ0v) is 9.72. The van der Waals surface area contributed by atoms with Crippen LogP contribution in [0.25, 0.3) is 0 Å². The minimum atomic E-state index is -0.743. The maximum Gasteiger partial charge on any atom is 0.167 e. The summed E-state index contributed by atoms with van der Waals surface area (Å²) in [4.78, 5) is 11.6. The van der Waals surface area contributed by atoms with E-state index in [0.717, 1.165) is 6.42 Å². The predicted octanol–water partition coefficient (Wildman–Crippen LogP) is 1.94. The molecule has 0 amide bonds. The lowest BCUT2D eigenvalue weighted by Gasteiger charge is -2.33. The second-order valence-electron chi connectivity index (χ2n) is 4.99. The summed E-state index contributed by atoms with van der Waals surface area (Å²) in [6.07, 6.45) is 1.21. The predicted molar refractivity (Wildman–Crippen MR) is 54.3 cm³/mol. The smallest absolute Gasteiger partial charge is 0.167 e. The van der Waals surface area contributed by atoms with Crippen molar-refractivity contribution in [3.8, 4) is 0 Å². The normalized spacial score (nSPS) is 33.8. The molecule has 0 saturated heterocycles. The van der Waals surface area contributed by atoms with Crippen LogP contribution in [0, 0.1) is 0 Å². The van der Waals surface area contributed by atoms with E-state index in [1.165, 1.54) is 0 Å². The third-order valence-corrected chi connectivity index (χ3v) is 2.72. The minimum Gasteiger partial charge on any atom is -0.369 e. The monoisotopic (exact) mass is 200 g/mol. The molecule has 0 heterocycles. The van der Waals surface area contributed by atoms with Gasteiger partial charge in [0.1, 0.15) is 5.60 Å². The third kappa shape index (κ3) is 2.15. The molecule has 3 heteroatoms. The van der Waals surface area contributed by atoms with E-state index in [9.17, 15) is 4.79 Å². The summed E-state index contributed by atoms with van der Waals surface area (Å²) < 4.78 is 11.1. The van der Waals surface area contributed by atoms with E-state index in [2.05, 4.69) is 0 Å². The van der Waals surface area contributed by atoms with Gasteiger partial charge >= 0.3 is 0 Å². The van der Waals surface area contributed by atoms with E-state index in [0.29, 0.717) is 6.42 Å². The molecule has 82 valence electrons. The van der Waals surface area contributed by atoms with Crippen molar-refractivity contribution < 1.29 is 14.3 Å². The summed E-state index contributed by atoms with van der Waals surface area (Å²) in [6, 6.07) is 0. The molecule has 0 spiro atoms. The number of carbonyl (C=O) groups is 1. The van der Waals surface area contributed by atoms with Crippen LogP contribution in [-0.4, -0.2) is 30.2 Å². The lowest BCUT2D eigenvalue weighted by Crippen LogP contribution is -2.46. The van der Waals surface area contributed by atoms with Gasteiger partial charge in [0, 0.05) is 13.5 Å². The molecule has 0 aromatic rings.